The van der Waals surface area contributed by atoms with Crippen molar-refractivity contribution in [3.63, 3.8) is 0 Å². The van der Waals surface area contributed by atoms with E-state index in [0.29, 0.717) is 23.9 Å². The summed E-state index contributed by atoms with van der Waals surface area (Å²) in [7, 11) is 0. The van der Waals surface area contributed by atoms with Crippen LogP contribution in [0.2, 0.25) is 0 Å². The van der Waals surface area contributed by atoms with Crippen molar-refractivity contribution in [2.24, 2.45) is 17.3 Å². The monoisotopic (exact) mass is 327 g/mol. The number of benzene rings is 1. The minimum atomic E-state index is -0.351. The number of rotatable bonds is 3. The highest BCUT2D eigenvalue weighted by atomic mass is 16.5. The number of nitrogens with one attached hydrogen (secondary N) is 1. The average Bonchev–Trinajstić information content (AvgIpc) is 2.54. The van der Waals surface area contributed by atoms with Crippen molar-refractivity contribution >= 4 is 11.8 Å². The van der Waals surface area contributed by atoms with Gasteiger partial charge in [-0.2, -0.15) is 0 Å². The van der Waals surface area contributed by atoms with Gasteiger partial charge in [0, 0.05) is 5.69 Å². The molecule has 1 aromatic rings. The van der Waals surface area contributed by atoms with Crippen molar-refractivity contribution in [1.82, 2.24) is 0 Å². The van der Waals surface area contributed by atoms with E-state index in [1.54, 1.807) is 11.1 Å². The summed E-state index contributed by atoms with van der Waals surface area (Å²) in [6.45, 7) is 7.55. The lowest BCUT2D eigenvalue weighted by Gasteiger charge is -2.42. The molecule has 1 aromatic carbocycles. The molecule has 3 rings (SSSR count). The molecule has 0 radical (unpaired) electrons. The first-order chi connectivity index (χ1) is 11.5. The molecule has 0 saturated carbocycles. The van der Waals surface area contributed by atoms with Crippen molar-refractivity contribution in [3.05, 3.63) is 41.5 Å². The summed E-state index contributed by atoms with van der Waals surface area (Å²) in [4.78, 5) is 12.0. The zero-order valence-electron chi connectivity index (χ0n) is 15.1. The third-order valence-electron chi connectivity index (χ3n) is 5.81. The van der Waals surface area contributed by atoms with E-state index in [9.17, 15) is 4.79 Å². The van der Waals surface area contributed by atoms with Crippen molar-refractivity contribution < 1.29 is 9.53 Å². The second kappa shape index (κ2) is 7.00. The van der Waals surface area contributed by atoms with E-state index in [-0.39, 0.29) is 6.09 Å². The zero-order valence-corrected chi connectivity index (χ0v) is 15.1. The molecule has 0 aliphatic heterocycles. The fraction of sp³-hybridized carbons (Fsp3) is 0.571. The molecular formula is C21H29NO2. The van der Waals surface area contributed by atoms with Crippen LogP contribution in [0, 0.1) is 17.3 Å². The van der Waals surface area contributed by atoms with E-state index in [1.807, 2.05) is 30.3 Å². The van der Waals surface area contributed by atoms with E-state index in [0.717, 1.165) is 12.1 Å². The highest BCUT2D eigenvalue weighted by molar-refractivity contribution is 5.84. The molecule has 24 heavy (non-hydrogen) atoms. The van der Waals surface area contributed by atoms with Gasteiger partial charge in [0.05, 0.1) is 6.61 Å². The van der Waals surface area contributed by atoms with Gasteiger partial charge in [-0.3, -0.25) is 5.32 Å². The first-order valence-corrected chi connectivity index (χ1v) is 9.16. The fourth-order valence-corrected chi connectivity index (χ4v) is 4.27. The van der Waals surface area contributed by atoms with Crippen LogP contribution in [0.15, 0.2) is 41.5 Å². The molecule has 1 amide bonds. The fourth-order valence-electron chi connectivity index (χ4n) is 4.27. The molecule has 0 saturated heterocycles. The Morgan fingerprint density at radius 1 is 1.25 bits per heavy atom. The van der Waals surface area contributed by atoms with Gasteiger partial charge in [-0.25, -0.2) is 4.79 Å². The van der Waals surface area contributed by atoms with Crippen molar-refractivity contribution in [2.75, 3.05) is 11.9 Å². The van der Waals surface area contributed by atoms with Crippen LogP contribution in [0.4, 0.5) is 10.5 Å². The topological polar surface area (TPSA) is 38.3 Å². The standard InChI is InChI=1S/C21H29NO2/c1-15-12-16-8-7-11-21(2,3)19(16)13-17(15)14-24-20(23)22-18-9-5-4-6-10-18/h4-6,9-10,15,17H,7-8,11-14H2,1-3H3,(H,22,23)/t15-,17-/m0/s1. The number of ether oxygens (including phenoxy) is 1. The van der Waals surface area contributed by atoms with Crippen molar-refractivity contribution in [1.29, 1.82) is 0 Å². The number of anilines is 1. The molecule has 0 heterocycles. The van der Waals surface area contributed by atoms with Crippen molar-refractivity contribution in [3.8, 4) is 0 Å². The predicted octanol–water partition coefficient (Wildman–Crippen LogP) is 5.79. The van der Waals surface area contributed by atoms with E-state index in [4.69, 9.17) is 4.74 Å². The van der Waals surface area contributed by atoms with E-state index in [1.165, 1.54) is 25.7 Å². The Balaban J connectivity index is 1.58. The predicted molar refractivity (Wildman–Crippen MR) is 98.0 cm³/mol. The Labute approximate surface area is 145 Å². The third kappa shape index (κ3) is 3.82. The molecule has 0 fully saturated rings. The minimum absolute atomic E-state index is 0.318. The van der Waals surface area contributed by atoms with Gasteiger partial charge in [-0.15, -0.1) is 0 Å². The number of carbonyl (C=O) groups is 1. The Bertz CT molecular complexity index is 618. The van der Waals surface area contributed by atoms with Crippen LogP contribution >= 0.6 is 0 Å². The molecule has 0 aromatic heterocycles. The quantitative estimate of drug-likeness (QED) is 0.714. The van der Waals surface area contributed by atoms with Crippen LogP contribution in [-0.4, -0.2) is 12.7 Å². The number of amides is 1. The first-order valence-electron chi connectivity index (χ1n) is 9.16. The normalized spacial score (nSPS) is 25.8. The summed E-state index contributed by atoms with van der Waals surface area (Å²) in [5.41, 5.74) is 4.42. The summed E-state index contributed by atoms with van der Waals surface area (Å²) in [5, 5.41) is 2.80. The second-order valence-corrected chi connectivity index (χ2v) is 8.05. The summed E-state index contributed by atoms with van der Waals surface area (Å²) in [6, 6.07) is 9.46. The lowest BCUT2D eigenvalue weighted by molar-refractivity contribution is 0.115. The summed E-state index contributed by atoms with van der Waals surface area (Å²) in [5.74, 6) is 1.02. The third-order valence-corrected chi connectivity index (χ3v) is 5.81. The zero-order chi connectivity index (χ0) is 17.2. The van der Waals surface area contributed by atoms with Crippen LogP contribution in [0.25, 0.3) is 0 Å². The lowest BCUT2D eigenvalue weighted by Crippen LogP contribution is -2.32. The van der Waals surface area contributed by atoms with Crippen LogP contribution < -0.4 is 5.32 Å². The number of allylic oxidation sites excluding steroid dienone is 2. The van der Waals surface area contributed by atoms with Crippen LogP contribution in [-0.2, 0) is 4.74 Å². The second-order valence-electron chi connectivity index (χ2n) is 8.05. The maximum Gasteiger partial charge on any atom is 0.411 e. The van der Waals surface area contributed by atoms with E-state index < -0.39 is 0 Å². The van der Waals surface area contributed by atoms with Gasteiger partial charge in [0.1, 0.15) is 0 Å². The van der Waals surface area contributed by atoms with Gasteiger partial charge in [0.15, 0.2) is 0 Å². The van der Waals surface area contributed by atoms with E-state index >= 15 is 0 Å². The van der Waals surface area contributed by atoms with Gasteiger partial charge in [-0.1, -0.05) is 50.1 Å². The Hall–Kier alpha value is -1.77. The minimum Gasteiger partial charge on any atom is -0.449 e. The molecule has 0 bridgehead atoms. The summed E-state index contributed by atoms with van der Waals surface area (Å²) < 4.78 is 5.53. The van der Waals surface area contributed by atoms with Gasteiger partial charge in [0.25, 0.3) is 0 Å². The highest BCUT2D eigenvalue weighted by Gasteiger charge is 2.36. The molecule has 2 aliphatic rings. The van der Waals surface area contributed by atoms with Crippen LogP contribution in [0.3, 0.4) is 0 Å². The lowest BCUT2D eigenvalue weighted by atomic mass is 9.63. The molecule has 0 spiro atoms. The highest BCUT2D eigenvalue weighted by Crippen LogP contribution is 2.49. The molecule has 3 nitrogen and oxygen atoms in total. The Kier molecular flexibility index (Phi) is 4.98. The van der Waals surface area contributed by atoms with Gasteiger partial charge in [0.2, 0.25) is 0 Å². The molecule has 130 valence electrons. The SMILES string of the molecule is C[C@H]1CC2=C(C[C@H]1COC(=O)Nc1ccccc1)C(C)(C)CCC2. The molecule has 2 aliphatic carbocycles. The van der Waals surface area contributed by atoms with Crippen molar-refractivity contribution in [2.45, 2.75) is 52.9 Å². The molecule has 1 N–H and O–H groups in total. The number of para-hydroxylation sites is 1. The molecular weight excluding hydrogens is 298 g/mol. The largest absolute Gasteiger partial charge is 0.449 e. The Morgan fingerprint density at radius 2 is 2.00 bits per heavy atom. The average molecular weight is 327 g/mol. The summed E-state index contributed by atoms with van der Waals surface area (Å²) >= 11 is 0. The van der Waals surface area contributed by atoms with Gasteiger partial charge < -0.3 is 4.74 Å². The first kappa shape index (κ1) is 17.1. The van der Waals surface area contributed by atoms with Gasteiger partial charge >= 0.3 is 6.09 Å². The number of hydrogen-bond acceptors (Lipinski definition) is 2. The maximum atomic E-state index is 12.0. The number of carbonyl (C=O) groups excluding carboxylic acids is 1. The van der Waals surface area contributed by atoms with Gasteiger partial charge in [-0.05, 0) is 61.5 Å². The van der Waals surface area contributed by atoms with E-state index in [2.05, 4.69) is 26.1 Å². The maximum absolute atomic E-state index is 12.0. The summed E-state index contributed by atoms with van der Waals surface area (Å²) in [6.07, 6.45) is 5.78. The smallest absolute Gasteiger partial charge is 0.411 e. The van der Waals surface area contributed by atoms with Crippen LogP contribution in [0.1, 0.15) is 52.9 Å². The Morgan fingerprint density at radius 3 is 2.75 bits per heavy atom. The number of hydrogen-bond donors (Lipinski definition) is 1. The molecule has 2 atom stereocenters. The van der Waals surface area contributed by atoms with Crippen LogP contribution in [0.5, 0.6) is 0 Å². The molecule has 0 unspecified atom stereocenters. The molecule has 3 heteroatoms.